The van der Waals surface area contributed by atoms with Gasteiger partial charge in [-0.3, -0.25) is 4.79 Å². The molecule has 0 saturated carbocycles. The van der Waals surface area contributed by atoms with E-state index in [1.54, 1.807) is 18.2 Å². The predicted octanol–water partition coefficient (Wildman–Crippen LogP) is 5.26. The second-order valence-electron chi connectivity index (χ2n) is 7.03. The summed E-state index contributed by atoms with van der Waals surface area (Å²) < 4.78 is 13.0. The first kappa shape index (κ1) is 21.2. The number of carbonyl (C=O) groups excluding carboxylic acids is 1. The average molecular weight is 462 g/mol. The number of thioether (sulfide) groups is 1. The number of anilines is 2. The van der Waals surface area contributed by atoms with Gasteiger partial charge in [0.15, 0.2) is 0 Å². The van der Waals surface area contributed by atoms with E-state index in [2.05, 4.69) is 15.2 Å². The smallest absolute Gasteiger partial charge is 0.230 e. The van der Waals surface area contributed by atoms with Crippen LogP contribution in [-0.4, -0.2) is 35.5 Å². The topological polar surface area (TPSA) is 45.2 Å². The fraction of sp³-hybridized carbons (Fsp3) is 0.273. The minimum atomic E-state index is -0.252. The molecule has 2 aromatic carbocycles. The normalized spacial score (nSPS) is 14.0. The fourth-order valence-electron chi connectivity index (χ4n) is 3.30. The molecular weight excluding hydrogens is 441 g/mol. The van der Waals surface area contributed by atoms with Crippen molar-refractivity contribution in [2.75, 3.05) is 34.8 Å². The zero-order valence-electron chi connectivity index (χ0n) is 16.2. The van der Waals surface area contributed by atoms with Crippen molar-refractivity contribution in [2.24, 2.45) is 0 Å². The number of amides is 1. The molecular formula is C22H21ClFN3OS2. The molecule has 30 heavy (non-hydrogen) atoms. The van der Waals surface area contributed by atoms with Crippen LogP contribution in [0.3, 0.4) is 0 Å². The fourth-order valence-corrected chi connectivity index (χ4v) is 5.33. The molecule has 0 spiro atoms. The van der Waals surface area contributed by atoms with E-state index < -0.39 is 0 Å². The lowest BCUT2D eigenvalue weighted by molar-refractivity contribution is -0.115. The lowest BCUT2D eigenvalue weighted by Gasteiger charge is -2.29. The van der Waals surface area contributed by atoms with Crippen molar-refractivity contribution in [1.82, 2.24) is 4.98 Å². The van der Waals surface area contributed by atoms with Gasteiger partial charge in [0.2, 0.25) is 5.91 Å². The molecule has 1 saturated heterocycles. The van der Waals surface area contributed by atoms with E-state index in [0.29, 0.717) is 17.1 Å². The Morgan fingerprint density at radius 2 is 1.93 bits per heavy atom. The lowest BCUT2D eigenvalue weighted by atomic mass is 10.1. The SMILES string of the molecule is O=C(Cc1csc(Cc2ccc(F)cc2)n1)Nc1ccc(N2CCSCC2)c(Cl)c1. The highest BCUT2D eigenvalue weighted by atomic mass is 35.5. The molecule has 3 aromatic rings. The molecule has 1 fully saturated rings. The first-order valence-electron chi connectivity index (χ1n) is 9.66. The monoisotopic (exact) mass is 461 g/mol. The summed E-state index contributed by atoms with van der Waals surface area (Å²) in [7, 11) is 0. The Labute approximate surface area is 188 Å². The van der Waals surface area contributed by atoms with Crippen LogP contribution in [0, 0.1) is 5.82 Å². The van der Waals surface area contributed by atoms with Gasteiger partial charge in [0, 0.05) is 42.1 Å². The molecule has 0 atom stereocenters. The van der Waals surface area contributed by atoms with Crippen LogP contribution in [0.15, 0.2) is 47.8 Å². The van der Waals surface area contributed by atoms with Crippen LogP contribution in [0.1, 0.15) is 16.3 Å². The number of aromatic nitrogens is 1. The zero-order valence-corrected chi connectivity index (χ0v) is 18.6. The van der Waals surface area contributed by atoms with Crippen molar-refractivity contribution in [2.45, 2.75) is 12.8 Å². The third kappa shape index (κ3) is 5.53. The summed E-state index contributed by atoms with van der Waals surface area (Å²) in [4.78, 5) is 19.3. The standard InChI is InChI=1S/C22H21ClFN3OS2/c23-19-12-17(5-6-20(19)27-7-9-29-10-8-27)25-21(28)13-18-14-30-22(26-18)11-15-1-3-16(24)4-2-15/h1-6,12,14H,7-11,13H2,(H,25,28). The van der Waals surface area contributed by atoms with E-state index in [1.807, 2.05) is 29.3 Å². The number of halogens is 2. The van der Waals surface area contributed by atoms with Crippen molar-refractivity contribution in [1.29, 1.82) is 0 Å². The molecule has 0 aliphatic carbocycles. The van der Waals surface area contributed by atoms with Crippen molar-refractivity contribution in [3.8, 4) is 0 Å². The second-order valence-corrected chi connectivity index (χ2v) is 9.60. The third-order valence-electron chi connectivity index (χ3n) is 4.79. The summed E-state index contributed by atoms with van der Waals surface area (Å²) in [6.07, 6.45) is 0.821. The lowest BCUT2D eigenvalue weighted by Crippen LogP contribution is -2.32. The summed E-state index contributed by atoms with van der Waals surface area (Å²) in [5.41, 5.74) is 3.41. The van der Waals surface area contributed by atoms with Gasteiger partial charge in [-0.1, -0.05) is 23.7 Å². The molecule has 1 aliphatic rings. The number of thiazole rings is 1. The van der Waals surface area contributed by atoms with Crippen LogP contribution < -0.4 is 10.2 Å². The number of nitrogens with one attached hydrogen (secondary N) is 1. The maximum Gasteiger partial charge on any atom is 0.230 e. The number of nitrogens with zero attached hydrogens (tertiary/aromatic N) is 2. The van der Waals surface area contributed by atoms with Crippen LogP contribution in [0.25, 0.3) is 0 Å². The van der Waals surface area contributed by atoms with Crippen LogP contribution in [0.4, 0.5) is 15.8 Å². The van der Waals surface area contributed by atoms with Crippen LogP contribution in [0.5, 0.6) is 0 Å². The highest BCUT2D eigenvalue weighted by Gasteiger charge is 2.15. The zero-order chi connectivity index (χ0) is 20.9. The first-order valence-corrected chi connectivity index (χ1v) is 12.1. The predicted molar refractivity (Wildman–Crippen MR) is 125 cm³/mol. The summed E-state index contributed by atoms with van der Waals surface area (Å²) >= 11 is 9.92. The number of benzene rings is 2. The molecule has 4 nitrogen and oxygen atoms in total. The molecule has 156 valence electrons. The van der Waals surface area contributed by atoms with Gasteiger partial charge in [0.05, 0.1) is 27.8 Å². The Morgan fingerprint density at radius 3 is 2.67 bits per heavy atom. The Balaban J connectivity index is 1.34. The molecule has 0 radical (unpaired) electrons. The van der Waals surface area contributed by atoms with E-state index in [-0.39, 0.29) is 18.1 Å². The first-order chi connectivity index (χ1) is 14.6. The largest absolute Gasteiger partial charge is 0.369 e. The number of carbonyl (C=O) groups is 1. The Bertz CT molecular complexity index is 1020. The van der Waals surface area contributed by atoms with Gasteiger partial charge < -0.3 is 10.2 Å². The molecule has 0 unspecified atom stereocenters. The van der Waals surface area contributed by atoms with E-state index >= 15 is 0 Å². The average Bonchev–Trinajstić information content (AvgIpc) is 3.17. The van der Waals surface area contributed by atoms with E-state index in [0.717, 1.165) is 46.5 Å². The van der Waals surface area contributed by atoms with E-state index in [1.165, 1.54) is 23.5 Å². The van der Waals surface area contributed by atoms with Gasteiger partial charge in [-0.05, 0) is 35.9 Å². The van der Waals surface area contributed by atoms with Crippen LogP contribution >= 0.6 is 34.7 Å². The van der Waals surface area contributed by atoms with Crippen molar-refractivity contribution in [3.63, 3.8) is 0 Å². The van der Waals surface area contributed by atoms with Gasteiger partial charge in [0.25, 0.3) is 0 Å². The van der Waals surface area contributed by atoms with Gasteiger partial charge in [-0.25, -0.2) is 9.37 Å². The molecule has 1 aromatic heterocycles. The summed E-state index contributed by atoms with van der Waals surface area (Å²) in [6, 6.07) is 12.0. The van der Waals surface area contributed by atoms with Crippen molar-refractivity contribution in [3.05, 3.63) is 74.9 Å². The summed E-state index contributed by atoms with van der Waals surface area (Å²) in [5.74, 6) is 1.82. The Kier molecular flexibility index (Phi) is 6.92. The third-order valence-corrected chi connectivity index (χ3v) is 6.94. The summed E-state index contributed by atoms with van der Waals surface area (Å²) in [6.45, 7) is 1.97. The number of hydrogen-bond acceptors (Lipinski definition) is 5. The van der Waals surface area contributed by atoms with Gasteiger partial charge >= 0.3 is 0 Å². The molecule has 1 aliphatic heterocycles. The minimum Gasteiger partial charge on any atom is -0.369 e. The van der Waals surface area contributed by atoms with Crippen LogP contribution in [0.2, 0.25) is 5.02 Å². The molecule has 2 heterocycles. The highest BCUT2D eigenvalue weighted by Crippen LogP contribution is 2.30. The van der Waals surface area contributed by atoms with E-state index in [4.69, 9.17) is 11.6 Å². The molecule has 1 N–H and O–H groups in total. The quantitative estimate of drug-likeness (QED) is 0.543. The maximum absolute atomic E-state index is 13.0. The molecule has 4 rings (SSSR count). The number of hydrogen-bond donors (Lipinski definition) is 1. The van der Waals surface area contributed by atoms with Crippen LogP contribution in [-0.2, 0) is 17.6 Å². The van der Waals surface area contributed by atoms with Crippen molar-refractivity contribution >= 4 is 52.0 Å². The van der Waals surface area contributed by atoms with Gasteiger partial charge in [0.1, 0.15) is 5.82 Å². The maximum atomic E-state index is 13.0. The minimum absolute atomic E-state index is 0.133. The van der Waals surface area contributed by atoms with Crippen molar-refractivity contribution < 1.29 is 9.18 Å². The molecule has 0 bridgehead atoms. The Morgan fingerprint density at radius 1 is 1.17 bits per heavy atom. The highest BCUT2D eigenvalue weighted by molar-refractivity contribution is 7.99. The second kappa shape index (κ2) is 9.81. The summed E-state index contributed by atoms with van der Waals surface area (Å²) in [5, 5.41) is 6.34. The molecule has 8 heteroatoms. The molecule has 1 amide bonds. The Hall–Kier alpha value is -2.09. The number of rotatable bonds is 6. The van der Waals surface area contributed by atoms with Gasteiger partial charge in [-0.15, -0.1) is 11.3 Å². The van der Waals surface area contributed by atoms with Gasteiger partial charge in [-0.2, -0.15) is 11.8 Å². The van der Waals surface area contributed by atoms with E-state index in [9.17, 15) is 9.18 Å².